The van der Waals surface area contributed by atoms with Crippen LogP contribution in [0.15, 0.2) is 0 Å². The van der Waals surface area contributed by atoms with Crippen LogP contribution in [0, 0.1) is 6.92 Å². The zero-order valence-corrected chi connectivity index (χ0v) is 10.4. The number of aromatic nitrogens is 1. The molecule has 0 fully saturated rings. The molecule has 1 aliphatic rings. The highest BCUT2D eigenvalue weighted by atomic mass is 16.4. The third-order valence-corrected chi connectivity index (χ3v) is 3.53. The molecule has 0 aliphatic heterocycles. The van der Waals surface area contributed by atoms with Gasteiger partial charge in [0.05, 0.1) is 5.56 Å². The van der Waals surface area contributed by atoms with Crippen molar-refractivity contribution in [2.45, 2.75) is 39.0 Å². The first kappa shape index (κ1) is 12.5. The second-order valence-electron chi connectivity index (χ2n) is 4.72. The summed E-state index contributed by atoms with van der Waals surface area (Å²) in [5, 5.41) is 18.3. The Morgan fingerprint density at radius 3 is 2.50 bits per heavy atom. The molecule has 2 rings (SSSR count). The fraction of sp³-hybridized carbons (Fsp3) is 0.462. The van der Waals surface area contributed by atoms with Crippen LogP contribution in [0.25, 0.3) is 0 Å². The van der Waals surface area contributed by atoms with Crippen molar-refractivity contribution in [3.05, 3.63) is 28.1 Å². The van der Waals surface area contributed by atoms with Gasteiger partial charge in [-0.1, -0.05) is 6.92 Å². The largest absolute Gasteiger partial charge is 0.478 e. The third kappa shape index (κ3) is 1.85. The average Bonchev–Trinajstić information content (AvgIpc) is 2.27. The number of nitrogens with zero attached hydrogens (tertiary/aromatic N) is 1. The lowest BCUT2D eigenvalue weighted by atomic mass is 9.82. The lowest BCUT2D eigenvalue weighted by molar-refractivity contribution is 0.0645. The molecule has 1 aromatic rings. The van der Waals surface area contributed by atoms with Crippen LogP contribution in [-0.2, 0) is 6.42 Å². The molecule has 1 atom stereocenters. The van der Waals surface area contributed by atoms with Gasteiger partial charge in [0.15, 0.2) is 5.69 Å². The summed E-state index contributed by atoms with van der Waals surface area (Å²) in [5.74, 6) is -2.27. The third-order valence-electron chi connectivity index (χ3n) is 3.53. The Hall–Kier alpha value is -1.91. The highest BCUT2D eigenvalue weighted by Gasteiger charge is 2.28. The topological polar surface area (TPSA) is 87.5 Å². The van der Waals surface area contributed by atoms with Gasteiger partial charge in [0.1, 0.15) is 0 Å². The van der Waals surface area contributed by atoms with Crippen LogP contribution in [0.1, 0.15) is 63.4 Å². The second-order valence-corrected chi connectivity index (χ2v) is 4.72. The Labute approximate surface area is 104 Å². The van der Waals surface area contributed by atoms with Gasteiger partial charge in [-0.15, -0.1) is 0 Å². The Kier molecular flexibility index (Phi) is 3.07. The van der Waals surface area contributed by atoms with Gasteiger partial charge in [0.25, 0.3) is 0 Å². The minimum Gasteiger partial charge on any atom is -0.478 e. The van der Waals surface area contributed by atoms with Crippen molar-refractivity contribution in [1.29, 1.82) is 0 Å². The van der Waals surface area contributed by atoms with E-state index < -0.39 is 11.9 Å². The first-order valence-corrected chi connectivity index (χ1v) is 5.93. The molecule has 18 heavy (non-hydrogen) atoms. The maximum Gasteiger partial charge on any atom is 0.355 e. The van der Waals surface area contributed by atoms with E-state index in [1.165, 1.54) is 0 Å². The molecule has 0 saturated heterocycles. The summed E-state index contributed by atoms with van der Waals surface area (Å²) in [6.07, 6.45) is 2.67. The number of hydrogen-bond acceptors (Lipinski definition) is 3. The Balaban J connectivity index is 2.76. The van der Waals surface area contributed by atoms with Crippen molar-refractivity contribution in [2.24, 2.45) is 0 Å². The molecule has 0 spiro atoms. The van der Waals surface area contributed by atoms with E-state index in [0.29, 0.717) is 5.56 Å². The summed E-state index contributed by atoms with van der Waals surface area (Å²) in [6, 6.07) is 0. The van der Waals surface area contributed by atoms with Crippen molar-refractivity contribution in [2.75, 3.05) is 0 Å². The maximum absolute atomic E-state index is 11.2. The van der Waals surface area contributed by atoms with Crippen molar-refractivity contribution in [1.82, 2.24) is 4.98 Å². The summed E-state index contributed by atoms with van der Waals surface area (Å²) in [7, 11) is 0. The second kappa shape index (κ2) is 4.40. The number of pyridine rings is 1. The normalized spacial score (nSPS) is 18.2. The molecule has 5 nitrogen and oxygen atoms in total. The van der Waals surface area contributed by atoms with Gasteiger partial charge in [0.2, 0.25) is 0 Å². The van der Waals surface area contributed by atoms with Crippen molar-refractivity contribution in [3.63, 3.8) is 0 Å². The monoisotopic (exact) mass is 249 g/mol. The van der Waals surface area contributed by atoms with Gasteiger partial charge in [-0.25, -0.2) is 14.6 Å². The van der Waals surface area contributed by atoms with E-state index in [-0.39, 0.29) is 17.2 Å². The summed E-state index contributed by atoms with van der Waals surface area (Å²) in [5.41, 5.74) is 1.71. The predicted octanol–water partition coefficient (Wildman–Crippen LogP) is 2.23. The molecular weight excluding hydrogens is 234 g/mol. The van der Waals surface area contributed by atoms with E-state index >= 15 is 0 Å². The number of carboxylic acids is 2. The van der Waals surface area contributed by atoms with E-state index in [2.05, 4.69) is 4.98 Å². The van der Waals surface area contributed by atoms with Crippen LogP contribution >= 0.6 is 0 Å². The van der Waals surface area contributed by atoms with E-state index in [1.807, 2.05) is 6.92 Å². The number of rotatable bonds is 2. The summed E-state index contributed by atoms with van der Waals surface area (Å²) in [4.78, 5) is 26.4. The molecular formula is C13H15NO4. The molecule has 0 amide bonds. The summed E-state index contributed by atoms with van der Waals surface area (Å²) in [6.45, 7) is 3.71. The fourth-order valence-electron chi connectivity index (χ4n) is 2.76. The van der Waals surface area contributed by atoms with E-state index in [1.54, 1.807) is 6.92 Å². The van der Waals surface area contributed by atoms with Gasteiger partial charge in [0, 0.05) is 5.69 Å². The van der Waals surface area contributed by atoms with Crippen LogP contribution in [0.2, 0.25) is 0 Å². The van der Waals surface area contributed by atoms with Crippen LogP contribution in [-0.4, -0.2) is 27.1 Å². The van der Waals surface area contributed by atoms with Crippen LogP contribution in [0.4, 0.5) is 0 Å². The maximum atomic E-state index is 11.2. The Bertz CT molecular complexity index is 536. The van der Waals surface area contributed by atoms with Crippen molar-refractivity contribution >= 4 is 11.9 Å². The zero-order chi connectivity index (χ0) is 13.4. The number of aryl methyl sites for hydroxylation is 1. The van der Waals surface area contributed by atoms with E-state index in [9.17, 15) is 14.7 Å². The van der Waals surface area contributed by atoms with Gasteiger partial charge in [-0.05, 0) is 43.2 Å². The summed E-state index contributed by atoms with van der Waals surface area (Å²) >= 11 is 0. The lowest BCUT2D eigenvalue weighted by Gasteiger charge is -2.25. The standard InChI is InChI=1S/C13H15NO4/c1-6-4-3-5-8-9(6)7(2)10(12(15)16)11(14-8)13(17)18/h6H,3-5H2,1-2H3,(H,15,16)(H,17,18). The molecule has 0 aromatic carbocycles. The smallest absolute Gasteiger partial charge is 0.355 e. The highest BCUT2D eigenvalue weighted by Crippen LogP contribution is 2.34. The summed E-state index contributed by atoms with van der Waals surface area (Å²) < 4.78 is 0. The SMILES string of the molecule is Cc1c(C(=O)O)c(C(=O)O)nc2c1C(C)CCC2. The van der Waals surface area contributed by atoms with Crippen molar-refractivity contribution in [3.8, 4) is 0 Å². The molecule has 2 N–H and O–H groups in total. The minimum atomic E-state index is -1.28. The highest BCUT2D eigenvalue weighted by molar-refractivity contribution is 6.01. The first-order chi connectivity index (χ1) is 8.43. The Morgan fingerprint density at radius 2 is 1.94 bits per heavy atom. The Morgan fingerprint density at radius 1 is 1.28 bits per heavy atom. The van der Waals surface area contributed by atoms with Crippen LogP contribution in [0.3, 0.4) is 0 Å². The first-order valence-electron chi connectivity index (χ1n) is 5.93. The van der Waals surface area contributed by atoms with Gasteiger partial charge in [-0.2, -0.15) is 0 Å². The van der Waals surface area contributed by atoms with E-state index in [4.69, 9.17) is 5.11 Å². The molecule has 5 heteroatoms. The number of fused-ring (bicyclic) bond motifs is 1. The van der Waals surface area contributed by atoms with Crippen LogP contribution in [0.5, 0.6) is 0 Å². The van der Waals surface area contributed by atoms with Crippen molar-refractivity contribution < 1.29 is 19.8 Å². The van der Waals surface area contributed by atoms with Crippen LogP contribution < -0.4 is 0 Å². The van der Waals surface area contributed by atoms with Gasteiger partial charge in [-0.3, -0.25) is 0 Å². The molecule has 1 aliphatic carbocycles. The number of carbonyl (C=O) groups is 2. The number of carboxylic acid groups (broad SMARTS) is 2. The molecule has 1 unspecified atom stereocenters. The molecule has 0 saturated carbocycles. The molecule has 0 bridgehead atoms. The predicted molar refractivity (Wildman–Crippen MR) is 64.2 cm³/mol. The van der Waals surface area contributed by atoms with Gasteiger partial charge < -0.3 is 10.2 Å². The average molecular weight is 249 g/mol. The number of hydrogen-bond donors (Lipinski definition) is 2. The minimum absolute atomic E-state index is 0.171. The zero-order valence-electron chi connectivity index (χ0n) is 10.4. The van der Waals surface area contributed by atoms with Gasteiger partial charge >= 0.3 is 11.9 Å². The molecule has 1 aromatic heterocycles. The molecule has 96 valence electrons. The molecule has 1 heterocycles. The lowest BCUT2D eigenvalue weighted by Crippen LogP contribution is -2.20. The molecule has 0 radical (unpaired) electrons. The number of aromatic carboxylic acids is 2. The quantitative estimate of drug-likeness (QED) is 0.839. The fourth-order valence-corrected chi connectivity index (χ4v) is 2.76. The van der Waals surface area contributed by atoms with E-state index in [0.717, 1.165) is 30.5 Å².